The van der Waals surface area contributed by atoms with Gasteiger partial charge in [-0.15, -0.1) is 0 Å². The van der Waals surface area contributed by atoms with E-state index in [-0.39, 0.29) is 38.3 Å². The largest absolute Gasteiger partial charge is 0.507 e. The summed E-state index contributed by atoms with van der Waals surface area (Å²) in [5.41, 5.74) is 0.424. The first-order chi connectivity index (χ1) is 10.5. The molecule has 22 heavy (non-hydrogen) atoms. The highest BCUT2D eigenvalue weighted by atomic mass is 35.5. The van der Waals surface area contributed by atoms with Crippen molar-refractivity contribution in [2.75, 3.05) is 7.11 Å². The first-order valence-electron chi connectivity index (χ1n) is 6.41. The number of aromatic hydroxyl groups is 1. The summed E-state index contributed by atoms with van der Waals surface area (Å²) in [6.07, 6.45) is 0. The fraction of sp³-hybridized carbons (Fsp3) is 0.125. The van der Waals surface area contributed by atoms with Crippen molar-refractivity contribution in [2.24, 2.45) is 0 Å². The van der Waals surface area contributed by atoms with Gasteiger partial charge in [-0.05, 0) is 30.7 Å². The average molecular weight is 319 g/mol. The fourth-order valence-corrected chi connectivity index (χ4v) is 2.61. The molecule has 2 aromatic carbocycles. The Kier molecular flexibility index (Phi) is 3.30. The van der Waals surface area contributed by atoms with E-state index in [2.05, 4.69) is 4.74 Å². The van der Waals surface area contributed by atoms with Gasteiger partial charge in [0.05, 0.1) is 23.1 Å². The van der Waals surface area contributed by atoms with Crippen LogP contribution in [0, 0.1) is 6.92 Å². The van der Waals surface area contributed by atoms with Crippen LogP contribution in [0.15, 0.2) is 33.5 Å². The van der Waals surface area contributed by atoms with Gasteiger partial charge < -0.3 is 14.3 Å². The molecule has 3 aromatic rings. The van der Waals surface area contributed by atoms with Gasteiger partial charge >= 0.3 is 5.97 Å². The number of hydrogen-bond donors (Lipinski definition) is 1. The average Bonchev–Trinajstić information content (AvgIpc) is 2.51. The topological polar surface area (TPSA) is 76.7 Å². The predicted octanol–water partition coefficient (Wildman–Crippen LogP) is 3.40. The van der Waals surface area contributed by atoms with Crippen LogP contribution in [-0.2, 0) is 4.74 Å². The number of esters is 1. The van der Waals surface area contributed by atoms with E-state index in [0.717, 1.165) is 0 Å². The van der Waals surface area contributed by atoms with Crippen LogP contribution < -0.4 is 5.43 Å². The SMILES string of the molecule is COC(=O)c1cccc2oc3c(Cl)c(C)cc(O)c3c(=O)c12. The van der Waals surface area contributed by atoms with Crippen molar-refractivity contribution in [1.29, 1.82) is 0 Å². The normalized spacial score (nSPS) is 11.0. The first kappa shape index (κ1) is 14.4. The van der Waals surface area contributed by atoms with Crippen molar-refractivity contribution in [2.45, 2.75) is 6.92 Å². The second kappa shape index (κ2) is 5.03. The van der Waals surface area contributed by atoms with Crippen molar-refractivity contribution < 1.29 is 19.1 Å². The molecule has 0 radical (unpaired) electrons. The Morgan fingerprint density at radius 1 is 1.32 bits per heavy atom. The van der Waals surface area contributed by atoms with Gasteiger partial charge in [-0.3, -0.25) is 4.79 Å². The third-order valence-corrected chi connectivity index (χ3v) is 3.95. The maximum Gasteiger partial charge on any atom is 0.338 e. The lowest BCUT2D eigenvalue weighted by Gasteiger charge is -2.09. The quantitative estimate of drug-likeness (QED) is 0.549. The maximum atomic E-state index is 12.7. The highest BCUT2D eigenvalue weighted by molar-refractivity contribution is 6.36. The van der Waals surface area contributed by atoms with Gasteiger partial charge in [0.15, 0.2) is 5.58 Å². The summed E-state index contributed by atoms with van der Waals surface area (Å²) in [6.45, 7) is 1.69. The Hall–Kier alpha value is -2.53. The number of methoxy groups -OCH3 is 1. The Balaban J connectivity index is 2.60. The minimum Gasteiger partial charge on any atom is -0.507 e. The third-order valence-electron chi connectivity index (χ3n) is 3.48. The zero-order valence-corrected chi connectivity index (χ0v) is 12.5. The van der Waals surface area contributed by atoms with Gasteiger partial charge in [-0.2, -0.15) is 0 Å². The molecule has 1 heterocycles. The molecular weight excluding hydrogens is 308 g/mol. The van der Waals surface area contributed by atoms with Crippen molar-refractivity contribution in [3.8, 4) is 5.75 Å². The van der Waals surface area contributed by atoms with Crippen LogP contribution in [0.1, 0.15) is 15.9 Å². The molecule has 5 nitrogen and oxygen atoms in total. The lowest BCUT2D eigenvalue weighted by Crippen LogP contribution is -2.10. The van der Waals surface area contributed by atoms with E-state index in [1.807, 2.05) is 0 Å². The molecule has 0 aliphatic carbocycles. The van der Waals surface area contributed by atoms with Gasteiger partial charge in [-0.25, -0.2) is 4.79 Å². The minimum atomic E-state index is -0.657. The van der Waals surface area contributed by atoms with Crippen LogP contribution in [0.3, 0.4) is 0 Å². The standard InChI is InChI=1S/C16H11ClO5/c1-7-6-9(18)12-14(19)11-8(16(20)21-2)4-3-5-10(11)22-15(12)13(7)17/h3-6,18H,1-2H3. The summed E-state index contributed by atoms with van der Waals surface area (Å²) in [5.74, 6) is -0.901. The van der Waals surface area contributed by atoms with E-state index in [1.165, 1.54) is 19.2 Å². The Morgan fingerprint density at radius 2 is 2.05 bits per heavy atom. The molecule has 0 amide bonds. The number of benzene rings is 2. The van der Waals surface area contributed by atoms with Crippen molar-refractivity contribution in [1.82, 2.24) is 0 Å². The zero-order valence-electron chi connectivity index (χ0n) is 11.8. The molecule has 0 fully saturated rings. The summed E-state index contributed by atoms with van der Waals surface area (Å²) in [7, 11) is 1.22. The number of ether oxygens (including phenoxy) is 1. The fourth-order valence-electron chi connectivity index (χ4n) is 2.43. The van der Waals surface area contributed by atoms with E-state index in [4.69, 9.17) is 16.0 Å². The summed E-state index contributed by atoms with van der Waals surface area (Å²) < 4.78 is 10.3. The number of phenolic OH excluding ortho intramolecular Hbond substituents is 1. The molecule has 0 aliphatic heterocycles. The summed E-state index contributed by atoms with van der Waals surface area (Å²) >= 11 is 6.16. The van der Waals surface area contributed by atoms with Gasteiger partial charge in [-0.1, -0.05) is 17.7 Å². The number of hydrogen-bond acceptors (Lipinski definition) is 5. The van der Waals surface area contributed by atoms with Crippen LogP contribution in [0.2, 0.25) is 5.02 Å². The van der Waals surface area contributed by atoms with Gasteiger partial charge in [0, 0.05) is 0 Å². The number of phenols is 1. The molecule has 112 valence electrons. The molecule has 0 aliphatic rings. The molecule has 0 saturated heterocycles. The zero-order chi connectivity index (χ0) is 16.0. The third kappa shape index (κ3) is 1.94. The molecule has 0 saturated carbocycles. The predicted molar refractivity (Wildman–Crippen MR) is 82.7 cm³/mol. The molecule has 0 spiro atoms. The van der Waals surface area contributed by atoms with Crippen molar-refractivity contribution >= 4 is 39.5 Å². The van der Waals surface area contributed by atoms with Crippen LogP contribution >= 0.6 is 11.6 Å². The summed E-state index contributed by atoms with van der Waals surface area (Å²) in [4.78, 5) is 24.6. The Morgan fingerprint density at radius 3 is 2.73 bits per heavy atom. The molecule has 0 bridgehead atoms. The second-order valence-corrected chi connectivity index (χ2v) is 5.21. The molecule has 0 unspecified atom stereocenters. The maximum absolute atomic E-state index is 12.7. The Bertz CT molecular complexity index is 987. The van der Waals surface area contributed by atoms with Gasteiger partial charge in [0.2, 0.25) is 5.43 Å². The smallest absolute Gasteiger partial charge is 0.338 e. The van der Waals surface area contributed by atoms with Crippen molar-refractivity contribution in [3.05, 3.63) is 50.6 Å². The van der Waals surface area contributed by atoms with E-state index in [1.54, 1.807) is 19.1 Å². The molecular formula is C16H11ClO5. The second-order valence-electron chi connectivity index (χ2n) is 4.83. The monoisotopic (exact) mass is 318 g/mol. The lowest BCUT2D eigenvalue weighted by molar-refractivity contribution is 0.0603. The van der Waals surface area contributed by atoms with Gasteiger partial charge in [0.1, 0.15) is 16.7 Å². The van der Waals surface area contributed by atoms with Crippen LogP contribution in [0.4, 0.5) is 0 Å². The number of aryl methyl sites for hydroxylation is 1. The van der Waals surface area contributed by atoms with E-state index in [9.17, 15) is 14.7 Å². The van der Waals surface area contributed by atoms with E-state index in [0.29, 0.717) is 5.56 Å². The van der Waals surface area contributed by atoms with E-state index < -0.39 is 11.4 Å². The van der Waals surface area contributed by atoms with E-state index >= 15 is 0 Å². The summed E-state index contributed by atoms with van der Waals surface area (Å²) in [6, 6.07) is 5.98. The number of carbonyl (C=O) groups is 1. The highest BCUT2D eigenvalue weighted by Crippen LogP contribution is 2.34. The molecule has 3 rings (SSSR count). The number of halogens is 1. The number of fused-ring (bicyclic) bond motifs is 2. The number of rotatable bonds is 1. The Labute approximate surface area is 129 Å². The molecule has 1 N–H and O–H groups in total. The van der Waals surface area contributed by atoms with Crippen LogP contribution in [0.5, 0.6) is 5.75 Å². The molecule has 0 atom stereocenters. The number of carbonyl (C=O) groups excluding carboxylic acids is 1. The van der Waals surface area contributed by atoms with Crippen LogP contribution in [0.25, 0.3) is 21.9 Å². The van der Waals surface area contributed by atoms with Crippen molar-refractivity contribution in [3.63, 3.8) is 0 Å². The van der Waals surface area contributed by atoms with Gasteiger partial charge in [0.25, 0.3) is 0 Å². The highest BCUT2D eigenvalue weighted by Gasteiger charge is 2.20. The molecule has 1 aromatic heterocycles. The molecule has 6 heteroatoms. The minimum absolute atomic E-state index is 0.0528. The lowest BCUT2D eigenvalue weighted by atomic mass is 10.0. The summed E-state index contributed by atoms with van der Waals surface area (Å²) in [5, 5.41) is 10.3. The first-order valence-corrected chi connectivity index (χ1v) is 6.79. The van der Waals surface area contributed by atoms with Crippen LogP contribution in [-0.4, -0.2) is 18.2 Å².